The molecule has 0 saturated heterocycles. The summed E-state index contributed by atoms with van der Waals surface area (Å²) < 4.78 is 32.1. The number of sulfonamides is 1. The van der Waals surface area contributed by atoms with E-state index < -0.39 is 31.5 Å². The number of benzene rings is 2. The number of methoxy groups -OCH3 is 1. The van der Waals surface area contributed by atoms with Gasteiger partial charge in [-0.15, -0.1) is 0 Å². The third-order valence-corrected chi connectivity index (χ3v) is 4.92. The number of ether oxygens (including phenoxy) is 1. The average Bonchev–Trinajstić information content (AvgIpc) is 2.56. The van der Waals surface area contributed by atoms with Gasteiger partial charge in [-0.05, 0) is 43.2 Å². The Bertz CT molecular complexity index is 953. The molecule has 0 radical (unpaired) electrons. The summed E-state index contributed by atoms with van der Waals surface area (Å²) in [6, 6.07) is 8.24. The van der Waals surface area contributed by atoms with Crippen LogP contribution in [0.4, 0.5) is 11.4 Å². The molecule has 0 unspecified atom stereocenters. The minimum Gasteiger partial charge on any atom is -0.465 e. The number of rotatable bonds is 5. The summed E-state index contributed by atoms with van der Waals surface area (Å²) in [4.78, 5) is 21.4. The van der Waals surface area contributed by atoms with E-state index in [0.29, 0.717) is 11.3 Å². The SMILES string of the molecule is COC(=O)c1ccc(S(=O)(=O)Nc2cc(C)ccc2C)c([N+](=O)[O-])c1. The molecule has 0 fully saturated rings. The van der Waals surface area contributed by atoms with Crippen molar-refractivity contribution in [3.63, 3.8) is 0 Å². The maximum absolute atomic E-state index is 12.6. The number of hydrogen-bond donors (Lipinski definition) is 1. The van der Waals surface area contributed by atoms with E-state index >= 15 is 0 Å². The predicted octanol–water partition coefficient (Wildman–Crippen LogP) is 2.80. The molecule has 2 aromatic carbocycles. The molecule has 0 aliphatic rings. The van der Waals surface area contributed by atoms with Gasteiger partial charge in [-0.3, -0.25) is 14.8 Å². The van der Waals surface area contributed by atoms with Crippen molar-refractivity contribution in [1.29, 1.82) is 0 Å². The highest BCUT2D eigenvalue weighted by molar-refractivity contribution is 7.92. The molecule has 0 aromatic heterocycles. The Kier molecular flexibility index (Phi) is 5.07. The second-order valence-corrected chi connectivity index (χ2v) is 7.01. The van der Waals surface area contributed by atoms with Crippen molar-refractivity contribution in [2.45, 2.75) is 18.7 Å². The van der Waals surface area contributed by atoms with Gasteiger partial charge in [0.1, 0.15) is 0 Å². The molecule has 9 heteroatoms. The molecule has 2 aromatic rings. The number of anilines is 1. The van der Waals surface area contributed by atoms with Crippen LogP contribution in [0.1, 0.15) is 21.5 Å². The fraction of sp³-hybridized carbons (Fsp3) is 0.188. The number of carbonyl (C=O) groups is 1. The lowest BCUT2D eigenvalue weighted by atomic mass is 10.1. The third kappa shape index (κ3) is 3.94. The van der Waals surface area contributed by atoms with Gasteiger partial charge in [0.15, 0.2) is 4.90 Å². The fourth-order valence-corrected chi connectivity index (χ4v) is 3.45. The molecule has 25 heavy (non-hydrogen) atoms. The average molecular weight is 364 g/mol. The van der Waals surface area contributed by atoms with E-state index in [9.17, 15) is 23.3 Å². The first kappa shape index (κ1) is 18.4. The predicted molar refractivity (Wildman–Crippen MR) is 91.2 cm³/mol. The number of hydrogen-bond acceptors (Lipinski definition) is 6. The zero-order valence-electron chi connectivity index (χ0n) is 13.8. The summed E-state index contributed by atoms with van der Waals surface area (Å²) in [5, 5.41) is 11.3. The fourth-order valence-electron chi connectivity index (χ4n) is 2.18. The summed E-state index contributed by atoms with van der Waals surface area (Å²) in [5.41, 5.74) is 1.01. The van der Waals surface area contributed by atoms with E-state index in [-0.39, 0.29) is 5.56 Å². The van der Waals surface area contributed by atoms with Crippen molar-refractivity contribution in [2.75, 3.05) is 11.8 Å². The molecule has 0 aliphatic carbocycles. The molecule has 0 bridgehead atoms. The molecule has 0 atom stereocenters. The molecule has 0 amide bonds. The van der Waals surface area contributed by atoms with E-state index in [4.69, 9.17) is 0 Å². The van der Waals surface area contributed by atoms with Gasteiger partial charge in [0.2, 0.25) is 0 Å². The Morgan fingerprint density at radius 1 is 1.16 bits per heavy atom. The lowest BCUT2D eigenvalue weighted by molar-refractivity contribution is -0.387. The van der Waals surface area contributed by atoms with Crippen LogP contribution in [0.2, 0.25) is 0 Å². The van der Waals surface area contributed by atoms with Gasteiger partial charge in [-0.2, -0.15) is 0 Å². The van der Waals surface area contributed by atoms with Crippen LogP contribution in [0.5, 0.6) is 0 Å². The van der Waals surface area contributed by atoms with Crippen LogP contribution in [0, 0.1) is 24.0 Å². The van der Waals surface area contributed by atoms with Gasteiger partial charge in [0.05, 0.1) is 23.3 Å². The van der Waals surface area contributed by atoms with E-state index in [1.54, 1.807) is 26.0 Å². The van der Waals surface area contributed by atoms with Gasteiger partial charge < -0.3 is 4.74 Å². The lowest BCUT2D eigenvalue weighted by Gasteiger charge is -2.12. The lowest BCUT2D eigenvalue weighted by Crippen LogP contribution is -2.16. The Hall–Kier alpha value is -2.94. The minimum absolute atomic E-state index is 0.111. The highest BCUT2D eigenvalue weighted by atomic mass is 32.2. The zero-order valence-corrected chi connectivity index (χ0v) is 14.6. The molecule has 1 N–H and O–H groups in total. The van der Waals surface area contributed by atoms with Crippen LogP contribution in [-0.2, 0) is 14.8 Å². The number of nitro benzene ring substituents is 1. The van der Waals surface area contributed by atoms with Gasteiger partial charge >= 0.3 is 5.97 Å². The molecule has 132 valence electrons. The summed E-state index contributed by atoms with van der Waals surface area (Å²) in [6.45, 7) is 3.51. The van der Waals surface area contributed by atoms with Crippen molar-refractivity contribution < 1.29 is 22.9 Å². The van der Waals surface area contributed by atoms with Crippen LogP contribution < -0.4 is 4.72 Å². The third-order valence-electron chi connectivity index (χ3n) is 3.50. The molecule has 8 nitrogen and oxygen atoms in total. The summed E-state index contributed by atoms with van der Waals surface area (Å²) in [5.74, 6) is -0.797. The standard InChI is InChI=1S/C16H16N2O6S/c1-10-4-5-11(2)13(8-10)17-25(22,23)15-7-6-12(16(19)24-3)9-14(15)18(20)21/h4-9,17H,1-3H3. The second kappa shape index (κ2) is 6.89. The highest BCUT2D eigenvalue weighted by Gasteiger charge is 2.28. The molecule has 0 spiro atoms. The summed E-state index contributed by atoms with van der Waals surface area (Å²) >= 11 is 0. The zero-order chi connectivity index (χ0) is 18.8. The number of esters is 1. The van der Waals surface area contributed by atoms with Crippen molar-refractivity contribution in [3.05, 3.63) is 63.2 Å². The van der Waals surface area contributed by atoms with E-state index in [2.05, 4.69) is 9.46 Å². The molecule has 0 heterocycles. The Balaban J connectivity index is 2.53. The number of aryl methyl sites for hydroxylation is 2. The van der Waals surface area contributed by atoms with Crippen LogP contribution in [0.25, 0.3) is 0 Å². The van der Waals surface area contributed by atoms with Crippen molar-refractivity contribution in [2.24, 2.45) is 0 Å². The normalized spacial score (nSPS) is 11.0. The maximum atomic E-state index is 12.6. The number of nitrogens with zero attached hydrogens (tertiary/aromatic N) is 1. The van der Waals surface area contributed by atoms with Gasteiger partial charge in [-0.1, -0.05) is 12.1 Å². The van der Waals surface area contributed by atoms with Crippen LogP contribution in [0.15, 0.2) is 41.3 Å². The monoisotopic (exact) mass is 364 g/mol. The summed E-state index contributed by atoms with van der Waals surface area (Å²) in [6.07, 6.45) is 0. The van der Waals surface area contributed by atoms with Gasteiger partial charge in [-0.25, -0.2) is 13.2 Å². The molecule has 0 saturated carbocycles. The minimum atomic E-state index is -4.22. The first-order valence-corrected chi connectivity index (χ1v) is 8.61. The Labute approximate surface area is 144 Å². The van der Waals surface area contributed by atoms with E-state index in [1.165, 1.54) is 0 Å². The topological polar surface area (TPSA) is 116 Å². The Morgan fingerprint density at radius 3 is 2.44 bits per heavy atom. The number of nitrogens with one attached hydrogen (secondary N) is 1. The van der Waals surface area contributed by atoms with Gasteiger partial charge in [0, 0.05) is 6.07 Å². The summed E-state index contributed by atoms with van der Waals surface area (Å²) in [7, 11) is -3.10. The number of carbonyl (C=O) groups excluding carboxylic acids is 1. The smallest absolute Gasteiger partial charge is 0.338 e. The highest BCUT2D eigenvalue weighted by Crippen LogP contribution is 2.28. The molecule has 2 rings (SSSR count). The first-order valence-electron chi connectivity index (χ1n) is 7.12. The van der Waals surface area contributed by atoms with Gasteiger partial charge in [0.25, 0.3) is 15.7 Å². The second-order valence-electron chi connectivity index (χ2n) is 5.36. The largest absolute Gasteiger partial charge is 0.465 e. The quantitative estimate of drug-likeness (QED) is 0.495. The van der Waals surface area contributed by atoms with Crippen LogP contribution in [-0.4, -0.2) is 26.4 Å². The van der Waals surface area contributed by atoms with Crippen LogP contribution >= 0.6 is 0 Å². The molecular formula is C16H16N2O6S. The number of nitro groups is 1. The van der Waals surface area contributed by atoms with Crippen molar-refractivity contribution >= 4 is 27.4 Å². The Morgan fingerprint density at radius 2 is 1.84 bits per heavy atom. The van der Waals surface area contributed by atoms with Crippen molar-refractivity contribution in [1.82, 2.24) is 0 Å². The maximum Gasteiger partial charge on any atom is 0.338 e. The molecule has 0 aliphatic heterocycles. The van der Waals surface area contributed by atoms with Crippen LogP contribution in [0.3, 0.4) is 0 Å². The van der Waals surface area contributed by atoms with E-state index in [0.717, 1.165) is 30.9 Å². The molecular weight excluding hydrogens is 348 g/mol. The van der Waals surface area contributed by atoms with Crippen molar-refractivity contribution in [3.8, 4) is 0 Å². The first-order chi connectivity index (χ1) is 11.7. The van der Waals surface area contributed by atoms with E-state index in [1.807, 2.05) is 6.07 Å².